The van der Waals surface area contributed by atoms with Gasteiger partial charge in [-0.2, -0.15) is 9.97 Å². The molecule has 180 valence electrons. The Hall–Kier alpha value is -3.68. The first-order chi connectivity index (χ1) is 16.9. The monoisotopic (exact) mass is 490 g/mol. The van der Waals surface area contributed by atoms with Gasteiger partial charge in [0.15, 0.2) is 0 Å². The second-order valence-electron chi connectivity index (χ2n) is 8.74. The highest BCUT2D eigenvalue weighted by molar-refractivity contribution is 7.70. The van der Waals surface area contributed by atoms with Crippen LogP contribution in [-0.4, -0.2) is 65.4 Å². The van der Waals surface area contributed by atoms with Crippen molar-refractivity contribution < 1.29 is 14.1 Å². The van der Waals surface area contributed by atoms with Crippen LogP contribution in [0.15, 0.2) is 60.8 Å². The van der Waals surface area contributed by atoms with Gasteiger partial charge in [0, 0.05) is 35.8 Å². The van der Waals surface area contributed by atoms with Gasteiger partial charge in [0.2, 0.25) is 5.95 Å². The number of para-hydroxylation sites is 1. The Morgan fingerprint density at radius 1 is 1.00 bits per heavy atom. The molecule has 4 aromatic rings. The molecule has 1 aliphatic rings. The zero-order valence-electron chi connectivity index (χ0n) is 19.6. The van der Waals surface area contributed by atoms with E-state index in [0.717, 1.165) is 22.1 Å². The summed E-state index contributed by atoms with van der Waals surface area (Å²) in [4.78, 5) is 26.9. The van der Waals surface area contributed by atoms with E-state index in [4.69, 9.17) is 4.74 Å². The van der Waals surface area contributed by atoms with Crippen LogP contribution in [0, 0.1) is 0 Å². The Kier molecular flexibility index (Phi) is 6.28. The maximum Gasteiger partial charge on any atom is 0.254 e. The van der Waals surface area contributed by atoms with Crippen molar-refractivity contribution in [3.05, 3.63) is 66.4 Å². The third kappa shape index (κ3) is 5.06. The fraction of sp³-hybridized carbons (Fsp3) is 0.240. The number of benzene rings is 2. The minimum absolute atomic E-state index is 0.00167. The lowest BCUT2D eigenvalue weighted by Crippen LogP contribution is -2.40. The largest absolute Gasteiger partial charge is 0.378 e. The van der Waals surface area contributed by atoms with E-state index in [2.05, 4.69) is 25.6 Å². The number of carbonyl (C=O) groups excluding carboxylic acids is 1. The maximum atomic E-state index is 12.8. The lowest BCUT2D eigenvalue weighted by molar-refractivity contribution is 0.0303. The summed E-state index contributed by atoms with van der Waals surface area (Å²) >= 11 is 0. The van der Waals surface area contributed by atoms with Gasteiger partial charge < -0.3 is 29.8 Å². The lowest BCUT2D eigenvalue weighted by Gasteiger charge is -2.26. The highest BCUT2D eigenvalue weighted by atomic mass is 31.2. The number of H-pyrrole nitrogens is 1. The molecular weight excluding hydrogens is 463 g/mol. The molecule has 10 heteroatoms. The summed E-state index contributed by atoms with van der Waals surface area (Å²) in [6.07, 6.45) is 1.80. The average molecular weight is 491 g/mol. The van der Waals surface area contributed by atoms with Gasteiger partial charge in [0.1, 0.15) is 18.6 Å². The van der Waals surface area contributed by atoms with Gasteiger partial charge in [0.25, 0.3) is 5.91 Å². The summed E-state index contributed by atoms with van der Waals surface area (Å²) in [6.45, 7) is 5.85. The molecule has 1 aliphatic heterocycles. The summed E-state index contributed by atoms with van der Waals surface area (Å²) in [5.74, 6) is 0.986. The molecule has 5 rings (SSSR count). The molecule has 1 amide bonds. The zero-order valence-corrected chi connectivity index (χ0v) is 20.5. The summed E-state index contributed by atoms with van der Waals surface area (Å²) in [6, 6.07) is 16.7. The predicted molar refractivity (Wildman–Crippen MR) is 139 cm³/mol. The van der Waals surface area contributed by atoms with Crippen molar-refractivity contribution in [1.29, 1.82) is 0 Å². The number of aromatic nitrogens is 3. The Labute approximate surface area is 203 Å². The smallest absolute Gasteiger partial charge is 0.254 e. The predicted octanol–water partition coefficient (Wildman–Crippen LogP) is 4.17. The Morgan fingerprint density at radius 2 is 1.74 bits per heavy atom. The number of nitrogens with zero attached hydrogens (tertiary/aromatic N) is 3. The number of fused-ring (bicyclic) bond motifs is 1. The van der Waals surface area contributed by atoms with Crippen LogP contribution in [0.1, 0.15) is 10.4 Å². The first kappa shape index (κ1) is 23.1. The quantitative estimate of drug-likeness (QED) is 0.348. The van der Waals surface area contributed by atoms with Crippen molar-refractivity contribution in [1.82, 2.24) is 19.9 Å². The van der Waals surface area contributed by atoms with Crippen molar-refractivity contribution in [2.24, 2.45) is 0 Å². The van der Waals surface area contributed by atoms with E-state index >= 15 is 0 Å². The number of amides is 1. The SMILES string of the molecule is CP(C)(=O)c1ccccc1Nc1nc(Nc2ccc(C(=O)N3CCOCC3)cc2)nc2[nH]ccc12. The molecule has 0 bridgehead atoms. The minimum atomic E-state index is -2.50. The van der Waals surface area contributed by atoms with Crippen molar-refractivity contribution in [3.8, 4) is 0 Å². The molecule has 1 fully saturated rings. The van der Waals surface area contributed by atoms with Gasteiger partial charge in [-0.15, -0.1) is 0 Å². The summed E-state index contributed by atoms with van der Waals surface area (Å²) in [7, 11) is -2.50. The molecule has 0 atom stereocenters. The van der Waals surface area contributed by atoms with Crippen LogP contribution in [0.5, 0.6) is 0 Å². The van der Waals surface area contributed by atoms with E-state index in [-0.39, 0.29) is 5.91 Å². The summed E-state index contributed by atoms with van der Waals surface area (Å²) in [5.41, 5.74) is 2.80. The van der Waals surface area contributed by atoms with Crippen molar-refractivity contribution >= 4 is 52.5 Å². The summed E-state index contributed by atoms with van der Waals surface area (Å²) < 4.78 is 18.1. The molecule has 1 saturated heterocycles. The molecule has 0 unspecified atom stereocenters. The molecular formula is C25H27N6O3P. The number of hydrogen-bond donors (Lipinski definition) is 3. The standard InChI is InChI=1S/C25H27N6O3P/c1-35(2,33)21-6-4-3-5-20(21)28-23-19-11-12-26-22(19)29-25(30-23)27-18-9-7-17(8-10-18)24(32)31-13-15-34-16-14-31/h3-12H,13-16H2,1-2H3,(H3,26,27,28,29,30). The fourth-order valence-corrected chi connectivity index (χ4v) is 5.20. The third-order valence-corrected chi connectivity index (χ3v) is 7.39. The van der Waals surface area contributed by atoms with Gasteiger partial charge in [-0.05, 0) is 55.8 Å². The first-order valence-corrected chi connectivity index (χ1v) is 14.0. The van der Waals surface area contributed by atoms with Crippen molar-refractivity contribution in [2.45, 2.75) is 0 Å². The highest BCUT2D eigenvalue weighted by Crippen LogP contribution is 2.38. The van der Waals surface area contributed by atoms with Crippen molar-refractivity contribution in [2.75, 3.05) is 50.3 Å². The van der Waals surface area contributed by atoms with Gasteiger partial charge >= 0.3 is 0 Å². The molecule has 9 nitrogen and oxygen atoms in total. The molecule has 35 heavy (non-hydrogen) atoms. The van der Waals surface area contributed by atoms with E-state index in [1.165, 1.54) is 0 Å². The number of morpholine rings is 1. The molecule has 0 aliphatic carbocycles. The highest BCUT2D eigenvalue weighted by Gasteiger charge is 2.19. The fourth-order valence-electron chi connectivity index (χ4n) is 4.04. The number of carbonyl (C=O) groups is 1. The summed E-state index contributed by atoms with van der Waals surface area (Å²) in [5, 5.41) is 8.15. The van der Waals surface area contributed by atoms with Gasteiger partial charge in [-0.1, -0.05) is 12.1 Å². The molecule has 0 spiro atoms. The van der Waals surface area contributed by atoms with Crippen LogP contribution < -0.4 is 15.9 Å². The number of aromatic amines is 1. The Balaban J connectivity index is 1.40. The minimum Gasteiger partial charge on any atom is -0.378 e. The zero-order chi connectivity index (χ0) is 24.4. The van der Waals surface area contributed by atoms with E-state index < -0.39 is 7.14 Å². The molecule has 3 heterocycles. The normalized spacial score (nSPS) is 14.2. The molecule has 0 radical (unpaired) electrons. The number of nitrogens with one attached hydrogen (secondary N) is 3. The van der Waals surface area contributed by atoms with Gasteiger partial charge in [-0.25, -0.2) is 0 Å². The van der Waals surface area contributed by atoms with Crippen molar-refractivity contribution in [3.63, 3.8) is 0 Å². The Bertz CT molecular complexity index is 1410. The topological polar surface area (TPSA) is 112 Å². The third-order valence-electron chi connectivity index (χ3n) is 5.84. The average Bonchev–Trinajstić information content (AvgIpc) is 3.33. The molecule has 2 aromatic heterocycles. The van der Waals surface area contributed by atoms with Gasteiger partial charge in [-0.3, -0.25) is 4.79 Å². The molecule has 2 aromatic carbocycles. The first-order valence-electron chi connectivity index (χ1n) is 11.4. The van der Waals surface area contributed by atoms with Crippen LogP contribution in [0.4, 0.5) is 23.1 Å². The van der Waals surface area contributed by atoms with E-state index in [1.807, 2.05) is 42.5 Å². The van der Waals surface area contributed by atoms with Crippen LogP contribution in [0.2, 0.25) is 0 Å². The number of rotatable bonds is 6. The lowest BCUT2D eigenvalue weighted by atomic mass is 10.1. The number of hydrogen-bond acceptors (Lipinski definition) is 7. The molecule has 0 saturated carbocycles. The second-order valence-corrected chi connectivity index (χ2v) is 11.9. The van der Waals surface area contributed by atoms with Gasteiger partial charge in [0.05, 0.1) is 24.3 Å². The second kappa shape index (κ2) is 9.52. The van der Waals surface area contributed by atoms with Crippen LogP contribution in [0.25, 0.3) is 11.0 Å². The van der Waals surface area contributed by atoms with Crippen LogP contribution >= 0.6 is 7.14 Å². The van der Waals surface area contributed by atoms with Crippen LogP contribution in [-0.2, 0) is 9.30 Å². The van der Waals surface area contributed by atoms with E-state index in [1.54, 1.807) is 36.6 Å². The van der Waals surface area contributed by atoms with E-state index in [0.29, 0.717) is 49.3 Å². The number of anilines is 4. The van der Waals surface area contributed by atoms with E-state index in [9.17, 15) is 9.36 Å². The number of ether oxygens (including phenoxy) is 1. The molecule has 3 N–H and O–H groups in total. The Morgan fingerprint density at radius 3 is 2.49 bits per heavy atom. The maximum absolute atomic E-state index is 12.8. The van der Waals surface area contributed by atoms with Crippen LogP contribution in [0.3, 0.4) is 0 Å².